The van der Waals surface area contributed by atoms with Crippen LogP contribution < -0.4 is 5.14 Å². The monoisotopic (exact) mass is 421 g/mol. The molecule has 0 unspecified atom stereocenters. The molecule has 0 bridgehead atoms. The van der Waals surface area contributed by atoms with E-state index >= 15 is 0 Å². The van der Waals surface area contributed by atoms with Gasteiger partial charge in [-0.15, -0.1) is 0 Å². The maximum atomic E-state index is 12.4. The number of hydrogen-bond acceptors (Lipinski definition) is 5. The summed E-state index contributed by atoms with van der Waals surface area (Å²) < 4.78 is 25.4. The van der Waals surface area contributed by atoms with Crippen molar-refractivity contribution >= 4 is 50.3 Å². The number of nitrogens with two attached hydrogens (primary N) is 1. The molecule has 2 N–H and O–H groups in total. The summed E-state index contributed by atoms with van der Waals surface area (Å²) in [5.74, 6) is -0.0743. The van der Waals surface area contributed by atoms with Crippen molar-refractivity contribution in [2.24, 2.45) is 5.14 Å². The normalized spacial score (nSPS) is 16.6. The van der Waals surface area contributed by atoms with Gasteiger partial charge in [0, 0.05) is 23.6 Å². The van der Waals surface area contributed by atoms with Crippen LogP contribution in [0.3, 0.4) is 0 Å². The first kappa shape index (κ1) is 19.8. The van der Waals surface area contributed by atoms with Gasteiger partial charge in [-0.25, -0.2) is 13.6 Å². The van der Waals surface area contributed by atoms with E-state index < -0.39 is 10.0 Å². The number of likely N-dealkylation sites (N-methyl/N-ethyl adjacent to an activating group) is 1. The molecule has 3 rings (SSSR count). The highest BCUT2D eigenvalue weighted by Crippen LogP contribution is 2.33. The van der Waals surface area contributed by atoms with Crippen LogP contribution in [0.2, 0.25) is 0 Å². The SMILES string of the molecule is CCN1C(=O)/C(=C/c2cc(C)n(-c3ccc(S(N)(=O)=O)cc3)c2C)SC1=S. The molecule has 1 aromatic heterocycles. The molecule has 0 aliphatic carbocycles. The fraction of sp³-hybridized carbons (Fsp3) is 0.222. The van der Waals surface area contributed by atoms with E-state index in [0.29, 0.717) is 15.8 Å². The first-order valence-electron chi connectivity index (χ1n) is 8.21. The smallest absolute Gasteiger partial charge is 0.266 e. The van der Waals surface area contributed by atoms with E-state index in [1.54, 1.807) is 17.0 Å². The molecule has 27 heavy (non-hydrogen) atoms. The van der Waals surface area contributed by atoms with E-state index in [4.69, 9.17) is 17.4 Å². The number of rotatable bonds is 4. The quantitative estimate of drug-likeness (QED) is 0.606. The maximum absolute atomic E-state index is 12.4. The number of nitrogens with zero attached hydrogens (tertiary/aromatic N) is 2. The molecule has 0 atom stereocenters. The molecule has 1 aromatic carbocycles. The molecule has 2 aromatic rings. The van der Waals surface area contributed by atoms with Gasteiger partial charge in [-0.3, -0.25) is 9.69 Å². The number of aryl methyl sites for hydroxylation is 1. The number of primary sulfonamides is 1. The average molecular weight is 422 g/mol. The lowest BCUT2D eigenvalue weighted by molar-refractivity contribution is -0.121. The lowest BCUT2D eigenvalue weighted by Gasteiger charge is -2.10. The summed E-state index contributed by atoms with van der Waals surface area (Å²) >= 11 is 6.56. The Labute approximate surface area is 168 Å². The first-order chi connectivity index (χ1) is 12.6. The molecule has 9 heteroatoms. The molecule has 0 saturated carbocycles. The predicted octanol–water partition coefficient (Wildman–Crippen LogP) is 2.96. The number of hydrogen-bond donors (Lipinski definition) is 1. The van der Waals surface area contributed by atoms with E-state index in [0.717, 1.165) is 22.6 Å². The van der Waals surface area contributed by atoms with Gasteiger partial charge in [0.05, 0.1) is 9.80 Å². The Kier molecular flexibility index (Phi) is 5.31. The molecule has 0 radical (unpaired) electrons. The van der Waals surface area contributed by atoms with E-state index in [-0.39, 0.29) is 10.8 Å². The molecule has 6 nitrogen and oxygen atoms in total. The second kappa shape index (κ2) is 7.23. The first-order valence-corrected chi connectivity index (χ1v) is 11.0. The number of benzene rings is 1. The third kappa shape index (κ3) is 3.73. The molecule has 1 aliphatic heterocycles. The third-order valence-corrected chi connectivity index (χ3v) is 6.68. The van der Waals surface area contributed by atoms with Gasteiger partial charge in [-0.2, -0.15) is 0 Å². The minimum atomic E-state index is -3.73. The summed E-state index contributed by atoms with van der Waals surface area (Å²) in [4.78, 5) is 14.7. The standard InChI is InChI=1S/C18H19N3O3S3/c1-4-20-17(22)16(26-18(20)25)10-13-9-11(2)21(12(13)3)14-5-7-15(8-6-14)27(19,23)24/h5-10H,4H2,1-3H3,(H2,19,23,24)/b16-10-. The molecular formula is C18H19N3O3S3. The zero-order chi connectivity index (χ0) is 19.9. The van der Waals surface area contributed by atoms with Crippen LogP contribution in [0.25, 0.3) is 11.8 Å². The van der Waals surface area contributed by atoms with Crippen LogP contribution in [0.5, 0.6) is 0 Å². The van der Waals surface area contributed by atoms with Crippen molar-refractivity contribution in [2.75, 3.05) is 6.54 Å². The largest absolute Gasteiger partial charge is 0.318 e. The van der Waals surface area contributed by atoms with Gasteiger partial charge in [0.2, 0.25) is 10.0 Å². The topological polar surface area (TPSA) is 85.4 Å². The molecule has 1 fully saturated rings. The minimum absolute atomic E-state index is 0.0668. The van der Waals surface area contributed by atoms with Crippen LogP contribution >= 0.6 is 24.0 Å². The number of amides is 1. The molecule has 1 saturated heterocycles. The number of thiocarbonyl (C=S) groups is 1. The van der Waals surface area contributed by atoms with Crippen molar-refractivity contribution < 1.29 is 13.2 Å². The average Bonchev–Trinajstić information content (AvgIpc) is 3.02. The van der Waals surface area contributed by atoms with E-state index in [1.165, 1.54) is 23.9 Å². The molecule has 0 spiro atoms. The molecule has 1 aliphatic rings. The van der Waals surface area contributed by atoms with E-state index in [9.17, 15) is 13.2 Å². The van der Waals surface area contributed by atoms with Crippen LogP contribution in [0.15, 0.2) is 40.1 Å². The Balaban J connectivity index is 2.00. The summed E-state index contributed by atoms with van der Waals surface area (Å²) in [7, 11) is -3.73. The second-order valence-corrected chi connectivity index (χ2v) is 9.36. The highest BCUT2D eigenvalue weighted by Gasteiger charge is 2.30. The van der Waals surface area contributed by atoms with E-state index in [2.05, 4.69) is 0 Å². The van der Waals surface area contributed by atoms with Gasteiger partial charge < -0.3 is 4.57 Å². The third-order valence-electron chi connectivity index (χ3n) is 4.37. The second-order valence-electron chi connectivity index (χ2n) is 6.13. The van der Waals surface area contributed by atoms with Gasteiger partial charge >= 0.3 is 0 Å². The van der Waals surface area contributed by atoms with Crippen molar-refractivity contribution in [3.63, 3.8) is 0 Å². The van der Waals surface area contributed by atoms with Gasteiger partial charge in [0.15, 0.2) is 0 Å². The molecule has 1 amide bonds. The Morgan fingerprint density at radius 2 is 1.85 bits per heavy atom. The van der Waals surface area contributed by atoms with Crippen LogP contribution in [-0.4, -0.2) is 34.7 Å². The lowest BCUT2D eigenvalue weighted by Crippen LogP contribution is -2.27. The van der Waals surface area contributed by atoms with Gasteiger partial charge in [0.1, 0.15) is 4.32 Å². The number of thioether (sulfide) groups is 1. The Morgan fingerprint density at radius 3 is 2.37 bits per heavy atom. The van der Waals surface area contributed by atoms with Crippen LogP contribution in [0.4, 0.5) is 0 Å². The number of sulfonamides is 1. The number of carbonyl (C=O) groups excluding carboxylic acids is 1. The fourth-order valence-electron chi connectivity index (χ4n) is 3.03. The Bertz CT molecular complexity index is 1070. The zero-order valence-electron chi connectivity index (χ0n) is 15.1. The summed E-state index contributed by atoms with van der Waals surface area (Å²) in [5.41, 5.74) is 3.64. The van der Waals surface area contributed by atoms with Crippen LogP contribution in [-0.2, 0) is 14.8 Å². The highest BCUT2D eigenvalue weighted by molar-refractivity contribution is 8.26. The van der Waals surface area contributed by atoms with Gasteiger partial charge in [-0.1, -0.05) is 24.0 Å². The summed E-state index contributed by atoms with van der Waals surface area (Å²) in [6.07, 6.45) is 1.85. The minimum Gasteiger partial charge on any atom is -0.318 e. The number of aromatic nitrogens is 1. The molecule has 142 valence electrons. The van der Waals surface area contributed by atoms with Crippen molar-refractivity contribution in [1.82, 2.24) is 9.47 Å². The van der Waals surface area contributed by atoms with Crippen molar-refractivity contribution in [3.8, 4) is 5.69 Å². The fourth-order valence-corrected chi connectivity index (χ4v) is 4.92. The Hall–Kier alpha value is -1.94. The van der Waals surface area contributed by atoms with Crippen LogP contribution in [0, 0.1) is 13.8 Å². The van der Waals surface area contributed by atoms with E-state index in [1.807, 2.05) is 37.5 Å². The Morgan fingerprint density at radius 1 is 1.22 bits per heavy atom. The van der Waals surface area contributed by atoms with Crippen molar-refractivity contribution in [1.29, 1.82) is 0 Å². The zero-order valence-corrected chi connectivity index (χ0v) is 17.5. The van der Waals surface area contributed by atoms with Crippen molar-refractivity contribution in [2.45, 2.75) is 25.7 Å². The lowest BCUT2D eigenvalue weighted by atomic mass is 10.2. The highest BCUT2D eigenvalue weighted by atomic mass is 32.2. The van der Waals surface area contributed by atoms with Gasteiger partial charge in [-0.05, 0) is 62.7 Å². The summed E-state index contributed by atoms with van der Waals surface area (Å²) in [6, 6.07) is 8.37. The maximum Gasteiger partial charge on any atom is 0.266 e. The summed E-state index contributed by atoms with van der Waals surface area (Å²) in [5, 5.41) is 5.16. The number of carbonyl (C=O) groups is 1. The van der Waals surface area contributed by atoms with Gasteiger partial charge in [0.25, 0.3) is 5.91 Å². The predicted molar refractivity (Wildman–Crippen MR) is 112 cm³/mol. The van der Waals surface area contributed by atoms with Crippen LogP contribution in [0.1, 0.15) is 23.9 Å². The molecule has 2 heterocycles. The molecular weight excluding hydrogens is 402 g/mol. The van der Waals surface area contributed by atoms with Crippen molar-refractivity contribution in [3.05, 3.63) is 52.2 Å². The summed E-state index contributed by atoms with van der Waals surface area (Å²) in [6.45, 7) is 6.35.